The first-order valence-corrected chi connectivity index (χ1v) is 11.0. The molecule has 0 bridgehead atoms. The molecule has 0 unspecified atom stereocenters. The summed E-state index contributed by atoms with van der Waals surface area (Å²) >= 11 is 6.14. The lowest BCUT2D eigenvalue weighted by Gasteiger charge is -2.07. The van der Waals surface area contributed by atoms with Gasteiger partial charge >= 0.3 is 0 Å². The lowest BCUT2D eigenvalue weighted by atomic mass is 10.1. The third-order valence-corrected chi connectivity index (χ3v) is 5.90. The summed E-state index contributed by atoms with van der Waals surface area (Å²) in [5.41, 5.74) is 5.29. The van der Waals surface area contributed by atoms with Crippen molar-refractivity contribution < 1.29 is 9.18 Å². The maximum absolute atomic E-state index is 13.3. The fourth-order valence-electron chi connectivity index (χ4n) is 3.72. The highest BCUT2D eigenvalue weighted by Crippen LogP contribution is 2.23. The first-order chi connectivity index (χ1) is 16.4. The van der Waals surface area contributed by atoms with Crippen molar-refractivity contribution in [1.29, 1.82) is 0 Å². The Morgan fingerprint density at radius 3 is 2.65 bits per heavy atom. The van der Waals surface area contributed by atoms with E-state index < -0.39 is 5.82 Å². The maximum atomic E-state index is 13.3. The van der Waals surface area contributed by atoms with Crippen molar-refractivity contribution in [2.75, 3.05) is 5.32 Å². The van der Waals surface area contributed by atoms with Crippen molar-refractivity contribution in [2.24, 2.45) is 0 Å². The Balaban J connectivity index is 1.40. The number of amides is 1. The molecule has 7 nitrogen and oxygen atoms in total. The summed E-state index contributed by atoms with van der Waals surface area (Å²) in [6, 6.07) is 15.9. The summed E-state index contributed by atoms with van der Waals surface area (Å²) in [5, 5.41) is 12.0. The summed E-state index contributed by atoms with van der Waals surface area (Å²) < 4.78 is 16.7. The second-order valence-corrected chi connectivity index (χ2v) is 8.42. The van der Waals surface area contributed by atoms with Gasteiger partial charge in [0.05, 0.1) is 18.4 Å². The molecule has 9 heteroatoms. The van der Waals surface area contributed by atoms with Crippen LogP contribution in [0.25, 0.3) is 16.9 Å². The van der Waals surface area contributed by atoms with Crippen LogP contribution in [0.4, 0.5) is 10.2 Å². The first-order valence-electron chi connectivity index (χ1n) is 10.6. The zero-order valence-corrected chi connectivity index (χ0v) is 19.2. The summed E-state index contributed by atoms with van der Waals surface area (Å²) in [6.07, 6.45) is 3.16. The number of benzene rings is 2. The Hall–Kier alpha value is -4.04. The van der Waals surface area contributed by atoms with Gasteiger partial charge in [0.15, 0.2) is 11.5 Å². The van der Waals surface area contributed by atoms with Crippen molar-refractivity contribution in [2.45, 2.75) is 20.4 Å². The highest BCUT2D eigenvalue weighted by molar-refractivity contribution is 6.31. The van der Waals surface area contributed by atoms with Gasteiger partial charge in [0.2, 0.25) is 0 Å². The van der Waals surface area contributed by atoms with E-state index >= 15 is 0 Å². The van der Waals surface area contributed by atoms with Gasteiger partial charge in [-0.25, -0.2) is 13.9 Å². The molecule has 3 aromatic heterocycles. The SMILES string of the molecule is Cc1ccc(-c2ccnc3c(C(=O)Nc4cc(C)n(Cc5ccc(F)cc5Cl)n4)cnn23)cc1. The molecule has 0 radical (unpaired) electrons. The quantitative estimate of drug-likeness (QED) is 0.375. The molecule has 0 saturated heterocycles. The number of carbonyl (C=O) groups is 1. The molecule has 1 N–H and O–H groups in total. The van der Waals surface area contributed by atoms with E-state index in [1.165, 1.54) is 18.3 Å². The number of aryl methyl sites for hydroxylation is 2. The zero-order chi connectivity index (χ0) is 23.8. The van der Waals surface area contributed by atoms with E-state index in [-0.39, 0.29) is 5.91 Å². The second kappa shape index (κ2) is 8.72. The molecule has 1 amide bonds. The normalized spacial score (nSPS) is 11.2. The van der Waals surface area contributed by atoms with E-state index in [0.29, 0.717) is 28.6 Å². The molecule has 5 rings (SSSR count). The Morgan fingerprint density at radius 2 is 1.88 bits per heavy atom. The molecule has 0 aliphatic heterocycles. The lowest BCUT2D eigenvalue weighted by Crippen LogP contribution is -2.13. The van der Waals surface area contributed by atoms with Gasteiger partial charge in [-0.05, 0) is 37.6 Å². The van der Waals surface area contributed by atoms with Gasteiger partial charge in [0.25, 0.3) is 5.91 Å². The highest BCUT2D eigenvalue weighted by atomic mass is 35.5. The molecule has 3 heterocycles. The average Bonchev–Trinajstić information content (AvgIpc) is 3.39. The molecular weight excluding hydrogens is 455 g/mol. The average molecular weight is 475 g/mol. The maximum Gasteiger partial charge on any atom is 0.262 e. The van der Waals surface area contributed by atoms with Crippen molar-refractivity contribution in [3.05, 3.63) is 100 Å². The molecule has 170 valence electrons. The third kappa shape index (κ3) is 4.15. The van der Waals surface area contributed by atoms with E-state index in [0.717, 1.165) is 28.1 Å². The van der Waals surface area contributed by atoms with Crippen molar-refractivity contribution in [3.8, 4) is 11.3 Å². The number of aromatic nitrogens is 5. The van der Waals surface area contributed by atoms with E-state index in [1.807, 2.05) is 44.2 Å². The summed E-state index contributed by atoms with van der Waals surface area (Å²) in [4.78, 5) is 17.4. The molecule has 0 aliphatic carbocycles. The van der Waals surface area contributed by atoms with Crippen LogP contribution in [0.5, 0.6) is 0 Å². The number of hydrogen-bond acceptors (Lipinski definition) is 4. The summed E-state index contributed by atoms with van der Waals surface area (Å²) in [5.74, 6) is -0.380. The Morgan fingerprint density at radius 1 is 1.09 bits per heavy atom. The van der Waals surface area contributed by atoms with Crippen LogP contribution in [0, 0.1) is 19.7 Å². The number of hydrogen-bond donors (Lipinski definition) is 1. The minimum absolute atomic E-state index is 0.322. The van der Waals surface area contributed by atoms with Crippen LogP contribution < -0.4 is 5.32 Å². The number of fused-ring (bicyclic) bond motifs is 1. The predicted octanol–water partition coefficient (Wildman–Crippen LogP) is 5.30. The third-order valence-electron chi connectivity index (χ3n) is 5.55. The van der Waals surface area contributed by atoms with Gasteiger partial charge in [-0.1, -0.05) is 47.5 Å². The minimum Gasteiger partial charge on any atom is -0.305 e. The lowest BCUT2D eigenvalue weighted by molar-refractivity contribution is 0.102. The van der Waals surface area contributed by atoms with Gasteiger partial charge in [-0.3, -0.25) is 9.48 Å². The van der Waals surface area contributed by atoms with Crippen LogP contribution in [0.3, 0.4) is 0 Å². The number of nitrogens with zero attached hydrogens (tertiary/aromatic N) is 5. The fourth-order valence-corrected chi connectivity index (χ4v) is 3.95. The monoisotopic (exact) mass is 474 g/mol. The summed E-state index contributed by atoms with van der Waals surface area (Å²) in [7, 11) is 0. The van der Waals surface area contributed by atoms with Crippen LogP contribution in [-0.2, 0) is 6.54 Å². The van der Waals surface area contributed by atoms with Crippen LogP contribution in [0.1, 0.15) is 27.2 Å². The van der Waals surface area contributed by atoms with Crippen LogP contribution >= 0.6 is 11.6 Å². The molecular formula is C25H20ClFN6O. The van der Waals surface area contributed by atoms with Crippen molar-refractivity contribution in [1.82, 2.24) is 24.4 Å². The number of rotatable bonds is 5. The fraction of sp³-hybridized carbons (Fsp3) is 0.120. The van der Waals surface area contributed by atoms with Gasteiger partial charge in [-0.15, -0.1) is 0 Å². The van der Waals surface area contributed by atoms with Crippen LogP contribution in [0.15, 0.2) is 67.0 Å². The molecule has 5 aromatic rings. The Kier molecular flexibility index (Phi) is 5.59. The molecule has 2 aromatic carbocycles. The predicted molar refractivity (Wildman–Crippen MR) is 129 cm³/mol. The van der Waals surface area contributed by atoms with Gasteiger partial charge in [0, 0.05) is 28.5 Å². The number of anilines is 1. The van der Waals surface area contributed by atoms with Crippen molar-refractivity contribution >= 4 is 29.0 Å². The number of nitrogens with one attached hydrogen (secondary N) is 1. The number of halogens is 2. The molecule has 0 aliphatic rings. The van der Waals surface area contributed by atoms with Gasteiger partial charge in [0.1, 0.15) is 11.4 Å². The summed E-state index contributed by atoms with van der Waals surface area (Å²) in [6.45, 7) is 4.24. The Bertz CT molecular complexity index is 1520. The minimum atomic E-state index is -0.397. The van der Waals surface area contributed by atoms with E-state index in [4.69, 9.17) is 11.6 Å². The smallest absolute Gasteiger partial charge is 0.262 e. The van der Waals surface area contributed by atoms with E-state index in [2.05, 4.69) is 20.5 Å². The zero-order valence-electron chi connectivity index (χ0n) is 18.5. The van der Waals surface area contributed by atoms with Crippen LogP contribution in [-0.4, -0.2) is 30.3 Å². The highest BCUT2D eigenvalue weighted by Gasteiger charge is 2.18. The second-order valence-electron chi connectivity index (χ2n) is 8.01. The van der Waals surface area contributed by atoms with E-state index in [1.54, 1.807) is 27.5 Å². The van der Waals surface area contributed by atoms with E-state index in [9.17, 15) is 9.18 Å². The molecule has 0 saturated carbocycles. The van der Waals surface area contributed by atoms with Gasteiger partial charge in [-0.2, -0.15) is 10.2 Å². The molecule has 0 spiro atoms. The molecule has 34 heavy (non-hydrogen) atoms. The van der Waals surface area contributed by atoms with Gasteiger partial charge < -0.3 is 5.32 Å². The standard InChI is InChI=1S/C25H20ClFN6O/c1-15-3-5-17(6-4-15)22-9-10-28-24-20(13-29-33(22)24)25(34)30-23-11-16(2)32(31-23)14-18-7-8-19(27)12-21(18)26/h3-13H,14H2,1-2H3,(H,30,31,34). The molecule has 0 atom stereocenters. The molecule has 0 fully saturated rings. The van der Waals surface area contributed by atoms with Crippen LogP contribution in [0.2, 0.25) is 5.02 Å². The topological polar surface area (TPSA) is 77.1 Å². The Labute approximate surface area is 199 Å². The first kappa shape index (κ1) is 21.8. The van der Waals surface area contributed by atoms with Crippen molar-refractivity contribution in [3.63, 3.8) is 0 Å². The number of carbonyl (C=O) groups excluding carboxylic acids is 1. The largest absolute Gasteiger partial charge is 0.305 e.